The molecule has 0 aromatic rings. The minimum atomic E-state index is -1.91. The zero-order valence-corrected chi connectivity index (χ0v) is 5.57. The molecule has 0 aromatic heterocycles. The number of hydrogen-bond donors (Lipinski definition) is 4. The molecule has 0 amide bonds. The zero-order chi connectivity index (χ0) is 8.65. The first kappa shape index (κ1) is 8.82. The number of hydrogen-bond acceptors (Lipinski definition) is 5. The van der Waals surface area contributed by atoms with Gasteiger partial charge in [0.25, 0.3) is 0 Å². The van der Waals surface area contributed by atoms with Crippen LogP contribution in [0.1, 0.15) is 0 Å². The Morgan fingerprint density at radius 1 is 1.64 bits per heavy atom. The van der Waals surface area contributed by atoms with E-state index >= 15 is 0 Å². The Morgan fingerprint density at radius 2 is 2.18 bits per heavy atom. The van der Waals surface area contributed by atoms with Crippen molar-refractivity contribution in [3.63, 3.8) is 0 Å². The third-order valence-corrected chi connectivity index (χ3v) is 1.57. The predicted molar refractivity (Wildman–Crippen MR) is 31.5 cm³/mol. The fourth-order valence-electron chi connectivity index (χ4n) is 0.819. The molecular weight excluding hydrogens is 157 g/mol. The summed E-state index contributed by atoms with van der Waals surface area (Å²) < 4.78 is 16.5. The van der Waals surface area contributed by atoms with Crippen LogP contribution in [0.4, 0.5) is 4.39 Å². The highest BCUT2D eigenvalue weighted by atomic mass is 19.1. The van der Waals surface area contributed by atoms with Gasteiger partial charge in [-0.3, -0.25) is 5.73 Å². The summed E-state index contributed by atoms with van der Waals surface area (Å²) in [5, 5.41) is 26.3. The summed E-state index contributed by atoms with van der Waals surface area (Å²) in [5.74, 6) is 0. The van der Waals surface area contributed by atoms with E-state index < -0.39 is 30.9 Å². The van der Waals surface area contributed by atoms with Crippen molar-refractivity contribution in [1.82, 2.24) is 0 Å². The van der Waals surface area contributed by atoms with Crippen LogP contribution >= 0.6 is 0 Å². The smallest absolute Gasteiger partial charge is 0.302 e. The average Bonchev–Trinajstić information content (AvgIpc) is 2.17. The second-order valence-electron chi connectivity index (χ2n) is 2.41. The molecule has 0 saturated carbocycles. The van der Waals surface area contributed by atoms with Gasteiger partial charge in [0, 0.05) is 0 Å². The molecule has 6 heteroatoms. The third kappa shape index (κ3) is 1.23. The van der Waals surface area contributed by atoms with Crippen LogP contribution in [-0.4, -0.2) is 39.9 Å². The molecule has 65 valence electrons. The van der Waals surface area contributed by atoms with Gasteiger partial charge in [0.15, 0.2) is 5.72 Å². The van der Waals surface area contributed by atoms with Crippen LogP contribution in [0, 0.1) is 6.36 Å². The molecule has 0 unspecified atom stereocenters. The first-order valence-electron chi connectivity index (χ1n) is 2.98. The van der Waals surface area contributed by atoms with Crippen LogP contribution in [0.3, 0.4) is 0 Å². The number of aliphatic hydroxyl groups excluding tert-OH is 3. The van der Waals surface area contributed by atoms with E-state index in [0.717, 1.165) is 0 Å². The number of halogens is 1. The summed E-state index contributed by atoms with van der Waals surface area (Å²) in [7, 11) is 0. The van der Waals surface area contributed by atoms with Crippen molar-refractivity contribution in [3.05, 3.63) is 6.36 Å². The lowest BCUT2D eigenvalue weighted by atomic mass is 10.1. The average molecular weight is 166 g/mol. The van der Waals surface area contributed by atoms with E-state index in [-0.39, 0.29) is 0 Å². The second kappa shape index (κ2) is 2.65. The first-order valence-corrected chi connectivity index (χ1v) is 2.98. The minimum Gasteiger partial charge on any atom is -0.392 e. The topological polar surface area (TPSA) is 95.9 Å². The molecule has 1 saturated heterocycles. The van der Waals surface area contributed by atoms with Crippen molar-refractivity contribution in [2.75, 3.05) is 6.61 Å². The van der Waals surface area contributed by atoms with E-state index in [0.29, 0.717) is 0 Å². The molecule has 0 aliphatic carbocycles. The maximum absolute atomic E-state index is 12.3. The maximum atomic E-state index is 12.3. The Hall–Kier alpha value is -0.270. The first-order chi connectivity index (χ1) is 5.01. The van der Waals surface area contributed by atoms with Gasteiger partial charge in [-0.2, -0.15) is 0 Å². The van der Waals surface area contributed by atoms with E-state index in [1.165, 1.54) is 0 Å². The van der Waals surface area contributed by atoms with Crippen molar-refractivity contribution < 1.29 is 24.4 Å². The van der Waals surface area contributed by atoms with E-state index in [9.17, 15) is 4.39 Å². The van der Waals surface area contributed by atoms with E-state index in [1.807, 2.05) is 0 Å². The summed E-state index contributed by atoms with van der Waals surface area (Å²) in [5.41, 5.74) is 3.23. The summed E-state index contributed by atoms with van der Waals surface area (Å²) in [6.07, 6.45) is -4.67. The van der Waals surface area contributed by atoms with Crippen LogP contribution in [-0.2, 0) is 4.74 Å². The van der Waals surface area contributed by atoms with Crippen LogP contribution in [0.25, 0.3) is 0 Å². The fraction of sp³-hybridized carbons (Fsp3) is 0.800. The molecule has 11 heavy (non-hydrogen) atoms. The Labute approximate surface area is 62.2 Å². The van der Waals surface area contributed by atoms with Gasteiger partial charge in [-0.25, -0.2) is 4.39 Å². The molecule has 1 rings (SSSR count). The highest BCUT2D eigenvalue weighted by Gasteiger charge is 2.53. The fourth-order valence-corrected chi connectivity index (χ4v) is 0.819. The van der Waals surface area contributed by atoms with Gasteiger partial charge in [0.2, 0.25) is 0 Å². The van der Waals surface area contributed by atoms with Gasteiger partial charge in [-0.1, -0.05) is 0 Å². The van der Waals surface area contributed by atoms with E-state index in [2.05, 4.69) is 4.74 Å². The highest BCUT2D eigenvalue weighted by molar-refractivity contribution is 5.02. The van der Waals surface area contributed by atoms with E-state index in [1.54, 1.807) is 0 Å². The van der Waals surface area contributed by atoms with Crippen molar-refractivity contribution in [2.45, 2.75) is 17.9 Å². The molecule has 1 fully saturated rings. The SMILES string of the molecule is N[C@]1(CO)O[C](F)[C@H](O)[C@@H]1O. The molecule has 0 aromatic carbocycles. The van der Waals surface area contributed by atoms with Crippen molar-refractivity contribution in [1.29, 1.82) is 0 Å². The third-order valence-electron chi connectivity index (χ3n) is 1.57. The molecule has 1 aliphatic heterocycles. The lowest BCUT2D eigenvalue weighted by Gasteiger charge is -2.23. The normalized spacial score (nSPS) is 46.6. The second-order valence-corrected chi connectivity index (χ2v) is 2.41. The largest absolute Gasteiger partial charge is 0.392 e. The van der Waals surface area contributed by atoms with Gasteiger partial charge in [0.1, 0.15) is 12.2 Å². The maximum Gasteiger partial charge on any atom is 0.302 e. The van der Waals surface area contributed by atoms with Gasteiger partial charge < -0.3 is 20.1 Å². The molecular formula is C5H9FNO4. The van der Waals surface area contributed by atoms with Crippen LogP contribution < -0.4 is 5.73 Å². The summed E-state index contributed by atoms with van der Waals surface area (Å²) in [6.45, 7) is -0.765. The van der Waals surface area contributed by atoms with Crippen molar-refractivity contribution in [2.24, 2.45) is 5.73 Å². The standard InChI is InChI=1S/C5H9FNO4/c6-4-2(9)3(10)5(7,1-8)11-4/h2-3,8-10H,1,7H2/t2-,3+,5-/m1/s1. The van der Waals surface area contributed by atoms with Gasteiger partial charge in [-0.05, 0) is 0 Å². The Morgan fingerprint density at radius 3 is 2.36 bits per heavy atom. The highest BCUT2D eigenvalue weighted by Crippen LogP contribution is 2.32. The van der Waals surface area contributed by atoms with Gasteiger partial charge >= 0.3 is 6.36 Å². The number of aliphatic hydroxyl groups is 3. The number of rotatable bonds is 1. The summed E-state index contributed by atoms with van der Waals surface area (Å²) in [6, 6.07) is 0. The lowest BCUT2D eigenvalue weighted by molar-refractivity contribution is -0.101. The van der Waals surface area contributed by atoms with E-state index in [4.69, 9.17) is 21.1 Å². The molecule has 1 aliphatic rings. The molecule has 5 N–H and O–H groups in total. The minimum absolute atomic E-state index is 0.765. The molecule has 5 nitrogen and oxygen atoms in total. The summed E-state index contributed by atoms with van der Waals surface area (Å²) >= 11 is 0. The molecule has 1 radical (unpaired) electrons. The predicted octanol–water partition coefficient (Wildman–Crippen LogP) is -2.16. The van der Waals surface area contributed by atoms with Gasteiger partial charge in [0.05, 0.1) is 6.61 Å². The molecule has 0 spiro atoms. The number of ether oxygens (including phenoxy) is 1. The molecule has 3 atom stereocenters. The summed E-state index contributed by atoms with van der Waals surface area (Å²) in [4.78, 5) is 0. The van der Waals surface area contributed by atoms with Crippen molar-refractivity contribution in [3.8, 4) is 0 Å². The van der Waals surface area contributed by atoms with Crippen LogP contribution in [0.2, 0.25) is 0 Å². The van der Waals surface area contributed by atoms with Crippen molar-refractivity contribution >= 4 is 0 Å². The quantitative estimate of drug-likeness (QED) is 0.356. The van der Waals surface area contributed by atoms with Crippen LogP contribution in [0.15, 0.2) is 0 Å². The lowest BCUT2D eigenvalue weighted by Crippen LogP contribution is -2.54. The molecule has 1 heterocycles. The molecule has 0 bridgehead atoms. The number of nitrogens with two attached hydrogens (primary N) is 1. The Kier molecular flexibility index (Phi) is 2.13. The van der Waals surface area contributed by atoms with Crippen LogP contribution in [0.5, 0.6) is 0 Å². The Bertz CT molecular complexity index is 157. The monoisotopic (exact) mass is 166 g/mol. The zero-order valence-electron chi connectivity index (χ0n) is 5.57. The van der Waals surface area contributed by atoms with Gasteiger partial charge in [-0.15, -0.1) is 0 Å². The Balaban J connectivity index is 2.73.